The number of piperidine rings is 1. The van der Waals surface area contributed by atoms with Crippen LogP contribution in [0.1, 0.15) is 33.1 Å². The van der Waals surface area contributed by atoms with Crippen molar-refractivity contribution < 1.29 is 22.7 Å². The van der Waals surface area contributed by atoms with Crippen LogP contribution in [0.4, 0.5) is 0 Å². The minimum absolute atomic E-state index is 0.0636. The summed E-state index contributed by atoms with van der Waals surface area (Å²) in [5.41, 5.74) is 1.50. The summed E-state index contributed by atoms with van der Waals surface area (Å²) in [6, 6.07) is 5.21. The van der Waals surface area contributed by atoms with Gasteiger partial charge in [0.1, 0.15) is 0 Å². The Bertz CT molecular complexity index is 1110. The Morgan fingerprint density at radius 3 is 2.80 bits per heavy atom. The number of aromatic nitrogens is 2. The molecule has 1 atom stereocenters. The van der Waals surface area contributed by atoms with E-state index >= 15 is 0 Å². The first-order valence-corrected chi connectivity index (χ1v) is 14.9. The fraction of sp³-hybridized carbons (Fsp3) is 0.667. The third kappa shape index (κ3) is 6.37. The number of nitrogens with zero attached hydrogens (tertiary/aromatic N) is 4. The molecule has 0 radical (unpaired) electrons. The number of amides is 1. The van der Waals surface area contributed by atoms with Crippen molar-refractivity contribution in [3.05, 3.63) is 18.2 Å². The van der Waals surface area contributed by atoms with Crippen molar-refractivity contribution in [3.63, 3.8) is 0 Å². The molecule has 0 bridgehead atoms. The molecule has 0 unspecified atom stereocenters. The molecule has 2 fully saturated rings. The van der Waals surface area contributed by atoms with E-state index < -0.39 is 10.0 Å². The van der Waals surface area contributed by atoms with Crippen LogP contribution < -0.4 is 0 Å². The predicted molar refractivity (Wildman–Crippen MR) is 136 cm³/mol. The average molecular weight is 525 g/mol. The fourth-order valence-corrected chi connectivity index (χ4v) is 7.15. The molecule has 194 valence electrons. The Morgan fingerprint density at radius 2 is 2.06 bits per heavy atom. The van der Waals surface area contributed by atoms with Gasteiger partial charge in [0.15, 0.2) is 5.16 Å². The molecular formula is C24H36N4O5S2. The number of aryl methyl sites for hydroxylation is 1. The molecule has 0 N–H and O–H groups in total. The molecule has 1 aromatic heterocycles. The van der Waals surface area contributed by atoms with Crippen LogP contribution in [0.3, 0.4) is 0 Å². The molecule has 2 aliphatic rings. The highest BCUT2D eigenvalue weighted by atomic mass is 32.2. The molecule has 35 heavy (non-hydrogen) atoms. The Kier molecular flexibility index (Phi) is 9.09. The Hall–Kier alpha value is -1.66. The Morgan fingerprint density at radius 1 is 1.26 bits per heavy atom. The van der Waals surface area contributed by atoms with Crippen molar-refractivity contribution in [2.75, 3.05) is 58.4 Å². The lowest BCUT2D eigenvalue weighted by molar-refractivity contribution is -0.132. The normalized spacial score (nSPS) is 19.9. The van der Waals surface area contributed by atoms with Gasteiger partial charge in [0.05, 0.1) is 34.9 Å². The smallest absolute Gasteiger partial charge is 0.243 e. The van der Waals surface area contributed by atoms with Gasteiger partial charge in [-0.15, -0.1) is 0 Å². The van der Waals surface area contributed by atoms with Crippen LogP contribution in [0.25, 0.3) is 11.0 Å². The van der Waals surface area contributed by atoms with E-state index in [0.29, 0.717) is 70.6 Å². The largest absolute Gasteiger partial charge is 0.382 e. The number of thioether (sulfide) groups is 1. The monoisotopic (exact) mass is 524 g/mol. The van der Waals surface area contributed by atoms with Crippen LogP contribution in [-0.2, 0) is 30.8 Å². The summed E-state index contributed by atoms with van der Waals surface area (Å²) in [5, 5.41) is 0.722. The SMILES string of the molecule is CCOCCCn1c(SCC(=O)N2CCOCC2)nc2cc(S(=O)(=O)N3CCC[C@H](C)C3)ccc21. The van der Waals surface area contributed by atoms with Gasteiger partial charge in [0, 0.05) is 45.9 Å². The first-order valence-electron chi connectivity index (χ1n) is 12.5. The van der Waals surface area contributed by atoms with Gasteiger partial charge in [0.25, 0.3) is 0 Å². The molecule has 3 heterocycles. The zero-order valence-corrected chi connectivity index (χ0v) is 22.3. The van der Waals surface area contributed by atoms with Gasteiger partial charge in [-0.25, -0.2) is 13.4 Å². The molecule has 0 spiro atoms. The lowest BCUT2D eigenvalue weighted by Gasteiger charge is -2.30. The molecule has 1 aromatic carbocycles. The number of sulfonamides is 1. The standard InChI is InChI=1S/C24H36N4O5S2/c1-3-32-13-5-10-28-22-8-7-20(35(30,31)27-9-4-6-19(2)17-27)16-21(22)25-24(28)34-18-23(29)26-11-14-33-15-12-26/h7-8,16,19H,3-6,9-15,17-18H2,1-2H3/t19-/m0/s1. The molecule has 2 saturated heterocycles. The number of rotatable bonds is 10. The van der Waals surface area contributed by atoms with Gasteiger partial charge in [0.2, 0.25) is 15.9 Å². The summed E-state index contributed by atoms with van der Waals surface area (Å²) in [6.45, 7) is 9.51. The maximum absolute atomic E-state index is 13.3. The molecule has 4 rings (SSSR count). The minimum Gasteiger partial charge on any atom is -0.382 e. The zero-order valence-electron chi connectivity index (χ0n) is 20.6. The number of carbonyl (C=O) groups excluding carboxylic acids is 1. The summed E-state index contributed by atoms with van der Waals surface area (Å²) in [7, 11) is -3.57. The highest BCUT2D eigenvalue weighted by Crippen LogP contribution is 2.29. The molecule has 0 aliphatic carbocycles. The van der Waals surface area contributed by atoms with E-state index in [4.69, 9.17) is 14.5 Å². The predicted octanol–water partition coefficient (Wildman–Crippen LogP) is 2.83. The number of benzene rings is 1. The van der Waals surface area contributed by atoms with Crippen LogP contribution in [-0.4, -0.2) is 91.4 Å². The Labute approximate surface area is 212 Å². The third-order valence-electron chi connectivity index (χ3n) is 6.51. The van der Waals surface area contributed by atoms with E-state index in [-0.39, 0.29) is 16.6 Å². The van der Waals surface area contributed by atoms with E-state index in [1.54, 1.807) is 16.4 Å². The van der Waals surface area contributed by atoms with E-state index in [1.807, 2.05) is 17.9 Å². The lowest BCUT2D eigenvalue weighted by Crippen LogP contribution is -2.41. The summed E-state index contributed by atoms with van der Waals surface area (Å²) < 4.78 is 41.1. The fourth-order valence-electron chi connectivity index (χ4n) is 4.59. The first-order chi connectivity index (χ1) is 16.9. The molecule has 2 aliphatic heterocycles. The quantitative estimate of drug-likeness (QED) is 0.348. The van der Waals surface area contributed by atoms with Gasteiger partial charge in [-0.05, 0) is 50.3 Å². The van der Waals surface area contributed by atoms with Crippen molar-refractivity contribution in [2.24, 2.45) is 5.92 Å². The van der Waals surface area contributed by atoms with Crippen LogP contribution >= 0.6 is 11.8 Å². The number of hydrogen-bond donors (Lipinski definition) is 0. The molecule has 9 nitrogen and oxygen atoms in total. The highest BCUT2D eigenvalue weighted by molar-refractivity contribution is 7.99. The number of ether oxygens (including phenoxy) is 2. The number of morpholine rings is 1. The van der Waals surface area contributed by atoms with Gasteiger partial charge >= 0.3 is 0 Å². The minimum atomic E-state index is -3.57. The van der Waals surface area contributed by atoms with Crippen LogP contribution in [0.15, 0.2) is 28.3 Å². The number of hydrogen-bond acceptors (Lipinski definition) is 7. The van der Waals surface area contributed by atoms with Crippen LogP contribution in [0, 0.1) is 5.92 Å². The van der Waals surface area contributed by atoms with E-state index in [9.17, 15) is 13.2 Å². The second kappa shape index (κ2) is 12.1. The highest BCUT2D eigenvalue weighted by Gasteiger charge is 2.29. The van der Waals surface area contributed by atoms with Gasteiger partial charge in [-0.3, -0.25) is 4.79 Å². The summed E-state index contributed by atoms with van der Waals surface area (Å²) >= 11 is 1.40. The van der Waals surface area contributed by atoms with Crippen molar-refractivity contribution in [1.82, 2.24) is 18.8 Å². The summed E-state index contributed by atoms with van der Waals surface area (Å²) in [4.78, 5) is 19.6. The van der Waals surface area contributed by atoms with Crippen molar-refractivity contribution >= 4 is 38.7 Å². The summed E-state index contributed by atoms with van der Waals surface area (Å²) in [6.07, 6.45) is 2.74. The van der Waals surface area contributed by atoms with Crippen molar-refractivity contribution in [2.45, 2.75) is 49.7 Å². The molecule has 0 saturated carbocycles. The van der Waals surface area contributed by atoms with E-state index in [0.717, 1.165) is 29.9 Å². The number of imidazole rings is 1. The van der Waals surface area contributed by atoms with E-state index in [1.165, 1.54) is 11.8 Å². The molecule has 1 amide bonds. The lowest BCUT2D eigenvalue weighted by atomic mass is 10.0. The first kappa shape index (κ1) is 26.4. The van der Waals surface area contributed by atoms with Crippen LogP contribution in [0.5, 0.6) is 0 Å². The maximum Gasteiger partial charge on any atom is 0.243 e. The average Bonchev–Trinajstić information content (AvgIpc) is 3.22. The van der Waals surface area contributed by atoms with Crippen molar-refractivity contribution in [3.8, 4) is 0 Å². The number of fused-ring (bicyclic) bond motifs is 1. The van der Waals surface area contributed by atoms with Gasteiger partial charge in [-0.1, -0.05) is 18.7 Å². The topological polar surface area (TPSA) is 94.0 Å². The molecule has 11 heteroatoms. The van der Waals surface area contributed by atoms with Gasteiger partial charge < -0.3 is 18.9 Å². The van der Waals surface area contributed by atoms with Crippen molar-refractivity contribution in [1.29, 1.82) is 0 Å². The second-order valence-electron chi connectivity index (χ2n) is 9.14. The van der Waals surface area contributed by atoms with E-state index in [2.05, 4.69) is 11.5 Å². The summed E-state index contributed by atoms with van der Waals surface area (Å²) in [5.74, 6) is 0.707. The number of carbonyl (C=O) groups is 1. The second-order valence-corrected chi connectivity index (χ2v) is 12.0. The zero-order chi connectivity index (χ0) is 24.8. The third-order valence-corrected chi connectivity index (χ3v) is 9.33. The van der Waals surface area contributed by atoms with Gasteiger partial charge in [-0.2, -0.15) is 4.31 Å². The Balaban J connectivity index is 1.57. The molecular weight excluding hydrogens is 488 g/mol. The molecule has 2 aromatic rings. The van der Waals surface area contributed by atoms with Crippen LogP contribution in [0.2, 0.25) is 0 Å². The maximum atomic E-state index is 13.3.